The first kappa shape index (κ1) is 16.2. The van der Waals surface area contributed by atoms with Crippen molar-refractivity contribution in [3.63, 3.8) is 0 Å². The van der Waals surface area contributed by atoms with Crippen LogP contribution in [0.3, 0.4) is 0 Å². The molecular formula is C15H16BrF3N2. The predicted octanol–water partition coefficient (Wildman–Crippen LogP) is 3.98. The van der Waals surface area contributed by atoms with E-state index in [4.69, 9.17) is 6.42 Å². The quantitative estimate of drug-likeness (QED) is 0.820. The van der Waals surface area contributed by atoms with Crippen LogP contribution in [0.5, 0.6) is 0 Å². The highest BCUT2D eigenvalue weighted by molar-refractivity contribution is 9.10. The molecule has 1 aliphatic rings. The maximum atomic E-state index is 12.9. The molecule has 1 aromatic carbocycles. The summed E-state index contributed by atoms with van der Waals surface area (Å²) in [5, 5.41) is 3.18. The molecule has 2 rings (SSSR count). The first-order chi connectivity index (χ1) is 9.90. The van der Waals surface area contributed by atoms with Gasteiger partial charge in [-0.2, -0.15) is 13.2 Å². The van der Waals surface area contributed by atoms with Crippen molar-refractivity contribution in [3.8, 4) is 12.3 Å². The topological polar surface area (TPSA) is 15.3 Å². The summed E-state index contributed by atoms with van der Waals surface area (Å²) in [5.41, 5.74) is -0.154. The van der Waals surface area contributed by atoms with E-state index in [1.165, 1.54) is 6.07 Å². The first-order valence-electron chi connectivity index (χ1n) is 6.69. The smallest absolute Gasteiger partial charge is 0.382 e. The van der Waals surface area contributed by atoms with Crippen molar-refractivity contribution < 1.29 is 13.2 Å². The highest BCUT2D eigenvalue weighted by Crippen LogP contribution is 2.36. The lowest BCUT2D eigenvalue weighted by molar-refractivity contribution is -0.138. The molecule has 0 amide bonds. The van der Waals surface area contributed by atoms with E-state index in [0.29, 0.717) is 12.2 Å². The number of likely N-dealkylation sites (tertiary alicyclic amines) is 1. The highest BCUT2D eigenvalue weighted by Gasteiger charge is 2.33. The van der Waals surface area contributed by atoms with Crippen LogP contribution in [0, 0.1) is 12.3 Å². The minimum absolute atomic E-state index is 0.0596. The Morgan fingerprint density at radius 1 is 1.33 bits per heavy atom. The van der Waals surface area contributed by atoms with Gasteiger partial charge in [-0.1, -0.05) is 21.9 Å². The number of benzene rings is 1. The van der Waals surface area contributed by atoms with Gasteiger partial charge >= 0.3 is 6.18 Å². The zero-order valence-electron chi connectivity index (χ0n) is 11.4. The van der Waals surface area contributed by atoms with Crippen LogP contribution >= 0.6 is 15.9 Å². The van der Waals surface area contributed by atoms with Gasteiger partial charge < -0.3 is 5.32 Å². The van der Waals surface area contributed by atoms with Gasteiger partial charge in [0.1, 0.15) is 0 Å². The molecule has 0 unspecified atom stereocenters. The van der Waals surface area contributed by atoms with Gasteiger partial charge in [0.25, 0.3) is 0 Å². The van der Waals surface area contributed by atoms with Gasteiger partial charge in [-0.05, 0) is 31.0 Å². The van der Waals surface area contributed by atoms with E-state index < -0.39 is 11.7 Å². The third-order valence-corrected chi connectivity index (χ3v) is 4.24. The fourth-order valence-electron chi connectivity index (χ4n) is 2.43. The Balaban J connectivity index is 2.00. The van der Waals surface area contributed by atoms with Gasteiger partial charge in [0, 0.05) is 29.3 Å². The molecule has 1 N–H and O–H groups in total. The van der Waals surface area contributed by atoms with Gasteiger partial charge in [-0.3, -0.25) is 4.90 Å². The van der Waals surface area contributed by atoms with Crippen LogP contribution in [0.15, 0.2) is 22.7 Å². The van der Waals surface area contributed by atoms with Crippen molar-refractivity contribution >= 4 is 21.6 Å². The van der Waals surface area contributed by atoms with Crippen LogP contribution in [-0.4, -0.2) is 30.6 Å². The molecule has 21 heavy (non-hydrogen) atoms. The molecule has 0 atom stereocenters. The number of piperidine rings is 1. The van der Waals surface area contributed by atoms with Crippen molar-refractivity contribution in [2.75, 3.05) is 25.0 Å². The summed E-state index contributed by atoms with van der Waals surface area (Å²) in [6.45, 7) is 2.36. The Hall–Kier alpha value is -1.19. The zero-order chi connectivity index (χ0) is 15.5. The van der Waals surface area contributed by atoms with E-state index in [9.17, 15) is 13.2 Å². The Morgan fingerprint density at radius 3 is 2.57 bits per heavy atom. The third-order valence-electron chi connectivity index (χ3n) is 3.55. The summed E-state index contributed by atoms with van der Waals surface area (Å²) in [5.74, 6) is 2.61. The Kier molecular flexibility index (Phi) is 5.17. The number of terminal acetylenes is 1. The molecule has 1 fully saturated rings. The zero-order valence-corrected chi connectivity index (χ0v) is 13.0. The standard InChI is InChI=1S/C15H16BrF3N2/c1-2-7-21-8-5-11(6-9-21)20-12-3-4-14(16)13(10-12)15(17,18)19/h1,3-4,10-11,20H,5-9H2. The summed E-state index contributed by atoms with van der Waals surface area (Å²) in [6.07, 6.45) is 2.66. The molecule has 0 aromatic heterocycles. The molecule has 0 bridgehead atoms. The van der Waals surface area contributed by atoms with Gasteiger partial charge in [-0.15, -0.1) is 6.42 Å². The molecule has 1 aromatic rings. The Morgan fingerprint density at radius 2 is 2.00 bits per heavy atom. The van der Waals surface area contributed by atoms with E-state index in [0.717, 1.165) is 32.0 Å². The second-order valence-corrected chi connectivity index (χ2v) is 5.95. The molecule has 2 nitrogen and oxygen atoms in total. The lowest BCUT2D eigenvalue weighted by Crippen LogP contribution is -2.39. The Labute approximate surface area is 130 Å². The lowest BCUT2D eigenvalue weighted by atomic mass is 10.0. The molecule has 1 aliphatic heterocycles. The van der Waals surface area contributed by atoms with E-state index in [1.54, 1.807) is 6.07 Å². The predicted molar refractivity (Wildman–Crippen MR) is 81.1 cm³/mol. The summed E-state index contributed by atoms with van der Waals surface area (Å²) in [4.78, 5) is 2.17. The SMILES string of the molecule is C#CCN1CCC(Nc2ccc(Br)c(C(F)(F)F)c2)CC1. The van der Waals surface area contributed by atoms with Gasteiger partial charge in [0.05, 0.1) is 12.1 Å². The molecule has 0 spiro atoms. The molecule has 0 saturated carbocycles. The average Bonchev–Trinajstić information content (AvgIpc) is 2.42. The van der Waals surface area contributed by atoms with E-state index in [1.807, 2.05) is 0 Å². The fraction of sp³-hybridized carbons (Fsp3) is 0.467. The molecule has 1 saturated heterocycles. The summed E-state index contributed by atoms with van der Waals surface area (Å²) in [6, 6.07) is 4.42. The summed E-state index contributed by atoms with van der Waals surface area (Å²) >= 11 is 2.94. The number of nitrogens with zero attached hydrogens (tertiary/aromatic N) is 1. The number of hydrogen-bond acceptors (Lipinski definition) is 2. The van der Waals surface area contributed by atoms with Crippen molar-refractivity contribution in [1.29, 1.82) is 0 Å². The minimum atomic E-state index is -4.35. The van der Waals surface area contributed by atoms with Crippen LogP contribution in [0.25, 0.3) is 0 Å². The van der Waals surface area contributed by atoms with Crippen LogP contribution in [-0.2, 0) is 6.18 Å². The molecule has 0 radical (unpaired) electrons. The average molecular weight is 361 g/mol. The molecule has 0 aliphatic carbocycles. The van der Waals surface area contributed by atoms with Gasteiger partial charge in [0.2, 0.25) is 0 Å². The molecule has 6 heteroatoms. The van der Waals surface area contributed by atoms with E-state index in [2.05, 4.69) is 32.1 Å². The van der Waals surface area contributed by atoms with Crippen LogP contribution in [0.2, 0.25) is 0 Å². The third kappa shape index (κ3) is 4.39. The summed E-state index contributed by atoms with van der Waals surface area (Å²) in [7, 11) is 0. The normalized spacial score (nSPS) is 17.5. The second-order valence-electron chi connectivity index (χ2n) is 5.09. The van der Waals surface area contributed by atoms with Gasteiger partial charge in [0.15, 0.2) is 0 Å². The number of nitrogens with one attached hydrogen (secondary N) is 1. The largest absolute Gasteiger partial charge is 0.417 e. The number of hydrogen-bond donors (Lipinski definition) is 1. The monoisotopic (exact) mass is 360 g/mol. The van der Waals surface area contributed by atoms with Gasteiger partial charge in [-0.25, -0.2) is 0 Å². The summed E-state index contributed by atoms with van der Waals surface area (Å²) < 4.78 is 38.6. The number of alkyl halides is 3. The van der Waals surface area contributed by atoms with Crippen LogP contribution in [0.1, 0.15) is 18.4 Å². The number of anilines is 1. The van der Waals surface area contributed by atoms with E-state index in [-0.39, 0.29) is 10.5 Å². The fourth-order valence-corrected chi connectivity index (χ4v) is 2.90. The highest BCUT2D eigenvalue weighted by atomic mass is 79.9. The second kappa shape index (κ2) is 6.71. The molecule has 1 heterocycles. The lowest BCUT2D eigenvalue weighted by Gasteiger charge is -2.31. The minimum Gasteiger partial charge on any atom is -0.382 e. The van der Waals surface area contributed by atoms with Crippen LogP contribution < -0.4 is 5.32 Å². The maximum absolute atomic E-state index is 12.9. The maximum Gasteiger partial charge on any atom is 0.417 e. The molecular weight excluding hydrogens is 345 g/mol. The number of halogens is 4. The number of rotatable bonds is 3. The van der Waals surface area contributed by atoms with Crippen molar-refractivity contribution in [2.24, 2.45) is 0 Å². The Bertz CT molecular complexity index is 529. The molecule has 114 valence electrons. The van der Waals surface area contributed by atoms with E-state index >= 15 is 0 Å². The van der Waals surface area contributed by atoms with Crippen molar-refractivity contribution in [1.82, 2.24) is 4.90 Å². The van der Waals surface area contributed by atoms with Crippen LogP contribution in [0.4, 0.5) is 18.9 Å². The first-order valence-corrected chi connectivity index (χ1v) is 7.48. The van der Waals surface area contributed by atoms with Crippen molar-refractivity contribution in [2.45, 2.75) is 25.1 Å². The van der Waals surface area contributed by atoms with Crippen molar-refractivity contribution in [3.05, 3.63) is 28.2 Å².